The normalized spacial score (nSPS) is 15.4. The highest BCUT2D eigenvalue weighted by Gasteiger charge is 2.33. The van der Waals surface area contributed by atoms with E-state index in [0.717, 1.165) is 0 Å². The van der Waals surface area contributed by atoms with Gasteiger partial charge in [0.05, 0.1) is 22.5 Å². The largest absolute Gasteiger partial charge is 0.479 e. The predicted octanol–water partition coefficient (Wildman–Crippen LogP) is 1.24. The second-order valence-corrected chi connectivity index (χ2v) is 6.13. The number of nitrogens with zero attached hydrogens (tertiary/aromatic N) is 1. The number of aromatic carboxylic acids is 1. The maximum atomic E-state index is 12.5. The molecular formula is C19H17N3O6. The van der Waals surface area contributed by atoms with Crippen LogP contribution in [0.3, 0.4) is 0 Å². The van der Waals surface area contributed by atoms with Crippen molar-refractivity contribution in [3.63, 3.8) is 0 Å². The lowest BCUT2D eigenvalue weighted by Gasteiger charge is -2.32. The molecule has 0 fully saturated rings. The molecule has 9 nitrogen and oxygen atoms in total. The van der Waals surface area contributed by atoms with Gasteiger partial charge in [-0.2, -0.15) is 0 Å². The van der Waals surface area contributed by atoms with Crippen molar-refractivity contribution in [2.45, 2.75) is 13.0 Å². The molecule has 3 rings (SSSR count). The molecule has 28 heavy (non-hydrogen) atoms. The molecule has 0 aromatic heterocycles. The van der Waals surface area contributed by atoms with Crippen LogP contribution < -0.4 is 20.7 Å². The number of carboxylic acid groups (broad SMARTS) is 1. The van der Waals surface area contributed by atoms with Gasteiger partial charge in [0, 0.05) is 0 Å². The minimum atomic E-state index is -1.14. The lowest BCUT2D eigenvalue weighted by Crippen LogP contribution is -2.47. The minimum absolute atomic E-state index is 0.0000797. The van der Waals surface area contributed by atoms with E-state index in [1.54, 1.807) is 12.1 Å². The second kappa shape index (κ2) is 7.39. The summed E-state index contributed by atoms with van der Waals surface area (Å²) < 4.78 is 5.47. The Morgan fingerprint density at radius 3 is 2.61 bits per heavy atom. The molecule has 2 aromatic carbocycles. The summed E-state index contributed by atoms with van der Waals surface area (Å²) in [6.45, 7) is 1.16. The molecule has 0 saturated carbocycles. The molecule has 0 saturated heterocycles. The van der Waals surface area contributed by atoms with Crippen LogP contribution >= 0.6 is 0 Å². The summed E-state index contributed by atoms with van der Waals surface area (Å²) in [6.07, 6.45) is -0.887. The maximum Gasteiger partial charge on any atom is 0.335 e. The van der Waals surface area contributed by atoms with Crippen molar-refractivity contribution in [3.05, 3.63) is 53.6 Å². The number of hydrogen-bond acceptors (Lipinski definition) is 5. The molecule has 0 bridgehead atoms. The third-order valence-electron chi connectivity index (χ3n) is 4.18. The van der Waals surface area contributed by atoms with Crippen LogP contribution in [0.2, 0.25) is 0 Å². The van der Waals surface area contributed by atoms with Crippen LogP contribution in [0.4, 0.5) is 11.4 Å². The van der Waals surface area contributed by atoms with Gasteiger partial charge in [0.2, 0.25) is 5.91 Å². The fourth-order valence-corrected chi connectivity index (χ4v) is 2.85. The summed E-state index contributed by atoms with van der Waals surface area (Å²) in [4.78, 5) is 48.8. The third kappa shape index (κ3) is 3.63. The Morgan fingerprint density at radius 1 is 1.21 bits per heavy atom. The Bertz CT molecular complexity index is 987. The van der Waals surface area contributed by atoms with Gasteiger partial charge in [-0.15, -0.1) is 0 Å². The number of rotatable bonds is 5. The molecule has 1 aliphatic heterocycles. The standard InChI is InChI=1S/C19H17N3O6/c1-10-18(25)22(14-7-6-11(19(26)27)8-15(14)28-10)9-16(23)21-13-5-3-2-4-12(13)17(20)24/h2-8,10H,9H2,1H3,(H2,20,24)(H,21,23)(H,26,27). The number of primary amides is 1. The van der Waals surface area contributed by atoms with Crippen LogP contribution in [0.15, 0.2) is 42.5 Å². The van der Waals surface area contributed by atoms with Crippen molar-refractivity contribution < 1.29 is 29.0 Å². The van der Waals surface area contributed by atoms with E-state index in [-0.39, 0.29) is 34.8 Å². The van der Waals surface area contributed by atoms with E-state index in [0.29, 0.717) is 0 Å². The Balaban J connectivity index is 1.86. The van der Waals surface area contributed by atoms with Crippen LogP contribution in [0.25, 0.3) is 0 Å². The summed E-state index contributed by atoms with van der Waals surface area (Å²) in [5.74, 6) is -2.64. The van der Waals surface area contributed by atoms with Crippen molar-refractivity contribution in [2.75, 3.05) is 16.8 Å². The number of anilines is 2. The Hall–Kier alpha value is -3.88. The van der Waals surface area contributed by atoms with Crippen LogP contribution in [-0.2, 0) is 9.59 Å². The number of hydrogen-bond donors (Lipinski definition) is 3. The summed E-state index contributed by atoms with van der Waals surface area (Å²) in [7, 11) is 0. The van der Waals surface area contributed by atoms with Crippen molar-refractivity contribution in [1.29, 1.82) is 0 Å². The topological polar surface area (TPSA) is 139 Å². The second-order valence-electron chi connectivity index (χ2n) is 6.13. The van der Waals surface area contributed by atoms with Gasteiger partial charge in [0.1, 0.15) is 12.3 Å². The van der Waals surface area contributed by atoms with Crippen molar-refractivity contribution in [1.82, 2.24) is 0 Å². The maximum absolute atomic E-state index is 12.5. The number of nitrogens with two attached hydrogens (primary N) is 1. The lowest BCUT2D eigenvalue weighted by molar-refractivity contribution is -0.127. The fraction of sp³-hybridized carbons (Fsp3) is 0.158. The summed E-state index contributed by atoms with van der Waals surface area (Å²) in [6, 6.07) is 10.3. The smallest absolute Gasteiger partial charge is 0.335 e. The molecule has 1 atom stereocenters. The number of nitrogens with one attached hydrogen (secondary N) is 1. The van der Waals surface area contributed by atoms with E-state index in [1.807, 2.05) is 0 Å². The van der Waals surface area contributed by atoms with Gasteiger partial charge >= 0.3 is 5.97 Å². The zero-order valence-corrected chi connectivity index (χ0v) is 14.8. The first kappa shape index (κ1) is 18.9. The molecule has 1 aliphatic rings. The molecule has 1 unspecified atom stereocenters. The fourth-order valence-electron chi connectivity index (χ4n) is 2.85. The van der Waals surface area contributed by atoms with E-state index < -0.39 is 29.8 Å². The van der Waals surface area contributed by atoms with Gasteiger partial charge in [0.15, 0.2) is 6.10 Å². The Kier molecular flexibility index (Phi) is 4.99. The van der Waals surface area contributed by atoms with Crippen LogP contribution in [0.5, 0.6) is 5.75 Å². The molecule has 2 aromatic rings. The highest BCUT2D eigenvalue weighted by atomic mass is 16.5. The highest BCUT2D eigenvalue weighted by Crippen LogP contribution is 2.35. The van der Waals surface area contributed by atoms with E-state index in [4.69, 9.17) is 15.6 Å². The van der Waals surface area contributed by atoms with Crippen LogP contribution in [0.1, 0.15) is 27.6 Å². The molecular weight excluding hydrogens is 366 g/mol. The molecule has 0 radical (unpaired) electrons. The minimum Gasteiger partial charge on any atom is -0.479 e. The van der Waals surface area contributed by atoms with E-state index in [1.165, 1.54) is 42.2 Å². The van der Waals surface area contributed by atoms with Crippen molar-refractivity contribution in [2.24, 2.45) is 5.73 Å². The highest BCUT2D eigenvalue weighted by molar-refractivity contribution is 6.08. The van der Waals surface area contributed by atoms with Crippen LogP contribution in [-0.4, -0.2) is 41.4 Å². The Morgan fingerprint density at radius 2 is 1.93 bits per heavy atom. The molecule has 3 amide bonds. The summed E-state index contributed by atoms with van der Waals surface area (Å²) in [5, 5.41) is 11.7. The van der Waals surface area contributed by atoms with Gasteiger partial charge in [-0.1, -0.05) is 12.1 Å². The molecule has 1 heterocycles. The average molecular weight is 383 g/mol. The number of benzene rings is 2. The summed E-state index contributed by atoms with van der Waals surface area (Å²) >= 11 is 0. The average Bonchev–Trinajstić information content (AvgIpc) is 2.65. The number of carbonyl (C=O) groups excluding carboxylic acids is 3. The number of para-hydroxylation sites is 1. The SMILES string of the molecule is CC1Oc2cc(C(=O)O)ccc2N(CC(=O)Nc2ccccc2C(N)=O)C1=O. The number of fused-ring (bicyclic) bond motifs is 1. The first-order valence-corrected chi connectivity index (χ1v) is 8.32. The van der Waals surface area contributed by atoms with Gasteiger partial charge in [-0.3, -0.25) is 19.3 Å². The van der Waals surface area contributed by atoms with Gasteiger partial charge in [-0.05, 0) is 37.3 Å². The molecule has 144 valence electrons. The van der Waals surface area contributed by atoms with Crippen LogP contribution in [0, 0.1) is 0 Å². The number of carboxylic acids is 1. The molecule has 9 heteroatoms. The van der Waals surface area contributed by atoms with Gasteiger partial charge in [-0.25, -0.2) is 4.79 Å². The first-order valence-electron chi connectivity index (χ1n) is 8.32. The number of ether oxygens (including phenoxy) is 1. The summed E-state index contributed by atoms with van der Waals surface area (Å²) in [5.41, 5.74) is 5.96. The molecule has 4 N–H and O–H groups in total. The predicted molar refractivity (Wildman–Crippen MR) is 99.4 cm³/mol. The quantitative estimate of drug-likeness (QED) is 0.710. The van der Waals surface area contributed by atoms with E-state index >= 15 is 0 Å². The van der Waals surface area contributed by atoms with Crippen molar-refractivity contribution in [3.8, 4) is 5.75 Å². The van der Waals surface area contributed by atoms with Gasteiger partial charge < -0.3 is 20.9 Å². The van der Waals surface area contributed by atoms with E-state index in [9.17, 15) is 19.2 Å². The lowest BCUT2D eigenvalue weighted by atomic mass is 10.1. The third-order valence-corrected chi connectivity index (χ3v) is 4.18. The van der Waals surface area contributed by atoms with E-state index in [2.05, 4.69) is 5.32 Å². The molecule has 0 spiro atoms. The number of amides is 3. The first-order chi connectivity index (χ1) is 13.3. The monoisotopic (exact) mass is 383 g/mol. The Labute approximate surface area is 159 Å². The van der Waals surface area contributed by atoms with Crippen molar-refractivity contribution >= 4 is 35.1 Å². The zero-order chi connectivity index (χ0) is 20.4. The zero-order valence-electron chi connectivity index (χ0n) is 14.8. The number of carbonyl (C=O) groups is 4. The van der Waals surface area contributed by atoms with Gasteiger partial charge in [0.25, 0.3) is 11.8 Å². The molecule has 0 aliphatic carbocycles.